The molecular weight excluding hydrogens is 408 g/mol. The van der Waals surface area contributed by atoms with E-state index in [1.807, 2.05) is 6.07 Å². The van der Waals surface area contributed by atoms with Gasteiger partial charge in [-0.05, 0) is 85.7 Å². The average molecular weight is 443 g/mol. The molecule has 172 valence electrons. The molecule has 0 aliphatic carbocycles. The fourth-order valence-electron chi connectivity index (χ4n) is 4.30. The summed E-state index contributed by atoms with van der Waals surface area (Å²) in [6.45, 7) is 12.6. The number of aryl methyl sites for hydroxylation is 4. The van der Waals surface area contributed by atoms with Crippen LogP contribution in [0, 0.1) is 20.8 Å². The van der Waals surface area contributed by atoms with Crippen LogP contribution in [0.3, 0.4) is 0 Å². The SMILES string of the molecule is Cc1cc(C)cc(OCCCn2c(COc3cc(C)ccc3C(C)C)nc3ccccc32)c1. The van der Waals surface area contributed by atoms with Gasteiger partial charge in [-0.15, -0.1) is 0 Å². The van der Waals surface area contributed by atoms with Crippen molar-refractivity contribution in [3.05, 3.63) is 88.7 Å². The molecule has 3 aromatic carbocycles. The van der Waals surface area contributed by atoms with E-state index in [2.05, 4.69) is 93.8 Å². The first kappa shape index (κ1) is 22.9. The molecular formula is C29H34N2O2. The van der Waals surface area contributed by atoms with E-state index in [4.69, 9.17) is 14.5 Å². The van der Waals surface area contributed by atoms with Crippen molar-refractivity contribution in [1.29, 1.82) is 0 Å². The lowest BCUT2D eigenvalue weighted by molar-refractivity contribution is 0.277. The monoisotopic (exact) mass is 442 g/mol. The minimum atomic E-state index is 0.404. The summed E-state index contributed by atoms with van der Waals surface area (Å²) in [5.74, 6) is 3.23. The smallest absolute Gasteiger partial charge is 0.148 e. The molecule has 0 atom stereocenters. The second-order valence-corrected chi connectivity index (χ2v) is 9.18. The summed E-state index contributed by atoms with van der Waals surface area (Å²) in [5.41, 5.74) is 7.01. The zero-order chi connectivity index (χ0) is 23.4. The Morgan fingerprint density at radius 3 is 2.36 bits per heavy atom. The summed E-state index contributed by atoms with van der Waals surface area (Å²) in [4.78, 5) is 4.88. The number of imidazole rings is 1. The lowest BCUT2D eigenvalue weighted by Gasteiger charge is -2.16. The van der Waals surface area contributed by atoms with Crippen molar-refractivity contribution in [1.82, 2.24) is 9.55 Å². The van der Waals surface area contributed by atoms with E-state index in [1.165, 1.54) is 22.3 Å². The van der Waals surface area contributed by atoms with Crippen LogP contribution in [0.5, 0.6) is 11.5 Å². The molecule has 0 unspecified atom stereocenters. The Labute approximate surface area is 197 Å². The van der Waals surface area contributed by atoms with Gasteiger partial charge in [0.15, 0.2) is 0 Å². The van der Waals surface area contributed by atoms with Gasteiger partial charge in [0.05, 0.1) is 17.6 Å². The summed E-state index contributed by atoms with van der Waals surface area (Å²) in [6.07, 6.45) is 0.891. The van der Waals surface area contributed by atoms with Crippen molar-refractivity contribution in [2.75, 3.05) is 6.61 Å². The number of para-hydroxylation sites is 2. The molecule has 0 bridgehead atoms. The second-order valence-electron chi connectivity index (χ2n) is 9.18. The van der Waals surface area contributed by atoms with Gasteiger partial charge in [-0.3, -0.25) is 0 Å². The summed E-state index contributed by atoms with van der Waals surface area (Å²) >= 11 is 0. The molecule has 1 aromatic heterocycles. The molecule has 4 aromatic rings. The summed E-state index contributed by atoms with van der Waals surface area (Å²) in [6, 6.07) is 21.1. The number of fused-ring (bicyclic) bond motifs is 1. The van der Waals surface area contributed by atoms with Crippen molar-refractivity contribution >= 4 is 11.0 Å². The Balaban J connectivity index is 1.48. The van der Waals surface area contributed by atoms with Crippen LogP contribution >= 0.6 is 0 Å². The van der Waals surface area contributed by atoms with E-state index in [0.717, 1.165) is 41.3 Å². The Bertz CT molecular complexity index is 1220. The molecule has 0 radical (unpaired) electrons. The number of nitrogens with zero attached hydrogens (tertiary/aromatic N) is 2. The molecule has 0 spiro atoms. The van der Waals surface area contributed by atoms with Gasteiger partial charge < -0.3 is 14.0 Å². The lowest BCUT2D eigenvalue weighted by atomic mass is 10.0. The number of ether oxygens (including phenoxy) is 2. The minimum Gasteiger partial charge on any atom is -0.494 e. The van der Waals surface area contributed by atoms with Crippen LogP contribution in [0.15, 0.2) is 60.7 Å². The van der Waals surface area contributed by atoms with E-state index in [-0.39, 0.29) is 0 Å². The molecule has 0 N–H and O–H groups in total. The maximum absolute atomic E-state index is 6.32. The maximum atomic E-state index is 6.32. The number of aromatic nitrogens is 2. The summed E-state index contributed by atoms with van der Waals surface area (Å²) < 4.78 is 14.6. The molecule has 1 heterocycles. The van der Waals surface area contributed by atoms with Crippen molar-refractivity contribution in [3.8, 4) is 11.5 Å². The molecule has 0 fully saturated rings. The predicted molar refractivity (Wildman–Crippen MR) is 135 cm³/mol. The third-order valence-corrected chi connectivity index (χ3v) is 5.87. The van der Waals surface area contributed by atoms with Crippen LogP contribution in [-0.4, -0.2) is 16.2 Å². The Morgan fingerprint density at radius 1 is 0.848 bits per heavy atom. The van der Waals surface area contributed by atoms with E-state index in [9.17, 15) is 0 Å². The van der Waals surface area contributed by atoms with Gasteiger partial charge >= 0.3 is 0 Å². The number of hydrogen-bond acceptors (Lipinski definition) is 3. The third kappa shape index (κ3) is 5.57. The normalized spacial score (nSPS) is 11.3. The van der Waals surface area contributed by atoms with Gasteiger partial charge in [0.1, 0.15) is 23.9 Å². The fourth-order valence-corrected chi connectivity index (χ4v) is 4.30. The Kier molecular flexibility index (Phi) is 7.02. The first-order valence-corrected chi connectivity index (χ1v) is 11.8. The van der Waals surface area contributed by atoms with Crippen molar-refractivity contribution in [2.45, 2.75) is 60.1 Å². The van der Waals surface area contributed by atoms with Gasteiger partial charge in [-0.1, -0.05) is 44.2 Å². The van der Waals surface area contributed by atoms with Gasteiger partial charge in [-0.2, -0.15) is 0 Å². The molecule has 4 heteroatoms. The van der Waals surface area contributed by atoms with E-state index in [0.29, 0.717) is 19.1 Å². The first-order valence-electron chi connectivity index (χ1n) is 11.8. The van der Waals surface area contributed by atoms with Crippen LogP contribution in [0.25, 0.3) is 11.0 Å². The third-order valence-electron chi connectivity index (χ3n) is 5.87. The molecule has 4 nitrogen and oxygen atoms in total. The van der Waals surface area contributed by atoms with Gasteiger partial charge in [0, 0.05) is 6.54 Å². The van der Waals surface area contributed by atoms with Crippen molar-refractivity contribution < 1.29 is 9.47 Å². The highest BCUT2D eigenvalue weighted by Gasteiger charge is 2.13. The highest BCUT2D eigenvalue weighted by molar-refractivity contribution is 5.75. The minimum absolute atomic E-state index is 0.404. The highest BCUT2D eigenvalue weighted by atomic mass is 16.5. The van der Waals surface area contributed by atoms with E-state index in [1.54, 1.807) is 0 Å². The van der Waals surface area contributed by atoms with Crippen LogP contribution < -0.4 is 9.47 Å². The molecule has 4 rings (SSSR count). The van der Waals surface area contributed by atoms with Crippen LogP contribution in [0.4, 0.5) is 0 Å². The van der Waals surface area contributed by atoms with Crippen LogP contribution in [-0.2, 0) is 13.2 Å². The van der Waals surface area contributed by atoms with Crippen LogP contribution in [0.1, 0.15) is 54.3 Å². The standard InChI is InChI=1S/C29H34N2O2/c1-20(2)25-12-11-21(3)18-28(25)33-19-29-30-26-9-6-7-10-27(26)31(29)13-8-14-32-24-16-22(4)15-23(5)17-24/h6-7,9-12,15-18,20H,8,13-14,19H2,1-5H3. The fraction of sp³-hybridized carbons (Fsp3) is 0.345. The topological polar surface area (TPSA) is 36.3 Å². The van der Waals surface area contributed by atoms with E-state index >= 15 is 0 Å². The summed E-state index contributed by atoms with van der Waals surface area (Å²) in [7, 11) is 0. The zero-order valence-corrected chi connectivity index (χ0v) is 20.4. The quantitative estimate of drug-likeness (QED) is 0.259. The van der Waals surface area contributed by atoms with Gasteiger partial charge in [0.25, 0.3) is 0 Å². The summed E-state index contributed by atoms with van der Waals surface area (Å²) in [5, 5.41) is 0. The van der Waals surface area contributed by atoms with Crippen molar-refractivity contribution in [3.63, 3.8) is 0 Å². The number of hydrogen-bond donors (Lipinski definition) is 0. The van der Waals surface area contributed by atoms with Gasteiger partial charge in [0.2, 0.25) is 0 Å². The predicted octanol–water partition coefficient (Wildman–Crippen LogP) is 7.13. The maximum Gasteiger partial charge on any atom is 0.148 e. The largest absolute Gasteiger partial charge is 0.494 e. The molecule has 0 saturated heterocycles. The molecule has 33 heavy (non-hydrogen) atoms. The average Bonchev–Trinajstić information content (AvgIpc) is 3.12. The zero-order valence-electron chi connectivity index (χ0n) is 20.4. The Hall–Kier alpha value is -3.27. The second kappa shape index (κ2) is 10.1. The van der Waals surface area contributed by atoms with Crippen molar-refractivity contribution in [2.24, 2.45) is 0 Å². The molecule has 0 amide bonds. The molecule has 0 aliphatic heterocycles. The van der Waals surface area contributed by atoms with Crippen LogP contribution in [0.2, 0.25) is 0 Å². The lowest BCUT2D eigenvalue weighted by Crippen LogP contribution is -2.11. The molecule has 0 aliphatic rings. The van der Waals surface area contributed by atoms with E-state index < -0.39 is 0 Å². The first-order chi connectivity index (χ1) is 15.9. The van der Waals surface area contributed by atoms with Gasteiger partial charge in [-0.25, -0.2) is 4.98 Å². The number of rotatable bonds is 9. The highest BCUT2D eigenvalue weighted by Crippen LogP contribution is 2.28. The molecule has 0 saturated carbocycles. The number of benzene rings is 3. The Morgan fingerprint density at radius 2 is 1.61 bits per heavy atom.